The summed E-state index contributed by atoms with van der Waals surface area (Å²) < 4.78 is 9.52. The highest BCUT2D eigenvalue weighted by Gasteiger charge is 2.29. The highest BCUT2D eigenvalue weighted by Crippen LogP contribution is 2.28. The second-order valence-electron chi connectivity index (χ2n) is 9.11. The van der Waals surface area contributed by atoms with Gasteiger partial charge in [0.15, 0.2) is 0 Å². The first kappa shape index (κ1) is 22.7. The zero-order valence-electron chi connectivity index (χ0n) is 19.9. The third-order valence-corrected chi connectivity index (χ3v) is 6.55. The smallest absolute Gasteiger partial charge is 0.334 e. The number of ether oxygens (including phenoxy) is 1. The topological polar surface area (TPSA) is 69.4 Å². The molecule has 7 heteroatoms. The van der Waals surface area contributed by atoms with Crippen molar-refractivity contribution in [1.82, 2.24) is 19.0 Å². The normalized spacial score (nSPS) is 15.6. The minimum atomic E-state index is -0.149. The molecular formula is C28H28N4O3. The third-order valence-electron chi connectivity index (χ3n) is 6.55. The van der Waals surface area contributed by atoms with E-state index in [0.29, 0.717) is 31.2 Å². The number of pyridine rings is 1. The van der Waals surface area contributed by atoms with E-state index in [-0.39, 0.29) is 17.6 Å². The van der Waals surface area contributed by atoms with Gasteiger partial charge in [-0.25, -0.2) is 4.79 Å². The number of imidazole rings is 1. The standard InChI is InChI=1S/C28H28N4O3/c1-4-27(33)30-15-13-22(18-30)32-25-12-14-29-17-26(25)31(28(32)34)21-8-10-23(11-9-21)35-24-7-5-6-20(16-24)19(2)3/h4-12,14,16-17,19,22H,1,13,15,18H2,2-3H3/t22-/m1/s1. The molecular weight excluding hydrogens is 440 g/mol. The minimum Gasteiger partial charge on any atom is -0.457 e. The van der Waals surface area contributed by atoms with Gasteiger partial charge in [0.05, 0.1) is 29.0 Å². The molecule has 0 aliphatic carbocycles. The maximum absolute atomic E-state index is 13.6. The number of carbonyl (C=O) groups is 1. The molecule has 0 spiro atoms. The molecule has 0 radical (unpaired) electrons. The van der Waals surface area contributed by atoms with Crippen LogP contribution in [0, 0.1) is 0 Å². The lowest BCUT2D eigenvalue weighted by Crippen LogP contribution is -2.31. The zero-order valence-corrected chi connectivity index (χ0v) is 19.9. The first-order valence-corrected chi connectivity index (χ1v) is 11.8. The fourth-order valence-corrected chi connectivity index (χ4v) is 4.69. The Balaban J connectivity index is 1.47. The van der Waals surface area contributed by atoms with E-state index in [1.165, 1.54) is 11.6 Å². The molecule has 1 atom stereocenters. The Morgan fingerprint density at radius 1 is 1.11 bits per heavy atom. The van der Waals surface area contributed by atoms with Crippen LogP contribution in [0.4, 0.5) is 0 Å². The molecule has 1 aliphatic rings. The van der Waals surface area contributed by atoms with Crippen molar-refractivity contribution in [2.24, 2.45) is 0 Å². The lowest BCUT2D eigenvalue weighted by Gasteiger charge is -2.15. The second kappa shape index (κ2) is 9.25. The van der Waals surface area contributed by atoms with E-state index in [0.717, 1.165) is 22.5 Å². The molecule has 1 fully saturated rings. The van der Waals surface area contributed by atoms with Gasteiger partial charge in [0.1, 0.15) is 11.5 Å². The third kappa shape index (κ3) is 4.25. The van der Waals surface area contributed by atoms with Gasteiger partial charge < -0.3 is 9.64 Å². The predicted molar refractivity (Wildman–Crippen MR) is 136 cm³/mol. The fraction of sp³-hybridized carbons (Fsp3) is 0.250. The van der Waals surface area contributed by atoms with Crippen LogP contribution in [0.25, 0.3) is 16.7 Å². The van der Waals surface area contributed by atoms with E-state index in [1.54, 1.807) is 26.4 Å². The Morgan fingerprint density at radius 2 is 1.91 bits per heavy atom. The van der Waals surface area contributed by atoms with Crippen molar-refractivity contribution in [2.45, 2.75) is 32.2 Å². The van der Waals surface area contributed by atoms with Crippen LogP contribution in [0.3, 0.4) is 0 Å². The van der Waals surface area contributed by atoms with Gasteiger partial charge in [0, 0.05) is 19.3 Å². The Hall–Kier alpha value is -4.13. The molecule has 1 aliphatic heterocycles. The van der Waals surface area contributed by atoms with E-state index in [4.69, 9.17) is 4.74 Å². The van der Waals surface area contributed by atoms with Gasteiger partial charge in [0.25, 0.3) is 0 Å². The van der Waals surface area contributed by atoms with Gasteiger partial charge in [0.2, 0.25) is 5.91 Å². The van der Waals surface area contributed by atoms with Crippen LogP contribution >= 0.6 is 0 Å². The molecule has 2 aromatic carbocycles. The number of carbonyl (C=O) groups excluding carboxylic acids is 1. The van der Waals surface area contributed by atoms with E-state index in [1.807, 2.05) is 48.5 Å². The molecule has 0 unspecified atom stereocenters. The summed E-state index contributed by atoms with van der Waals surface area (Å²) in [7, 11) is 0. The average molecular weight is 469 g/mol. The second-order valence-corrected chi connectivity index (χ2v) is 9.11. The monoisotopic (exact) mass is 468 g/mol. The minimum absolute atomic E-state index is 0.103. The Kier molecular flexibility index (Phi) is 5.99. The highest BCUT2D eigenvalue weighted by atomic mass is 16.5. The van der Waals surface area contributed by atoms with E-state index < -0.39 is 0 Å². The summed E-state index contributed by atoms with van der Waals surface area (Å²) in [5, 5.41) is 0. The van der Waals surface area contributed by atoms with Crippen molar-refractivity contribution < 1.29 is 9.53 Å². The quantitative estimate of drug-likeness (QED) is 0.371. The van der Waals surface area contributed by atoms with Crippen LogP contribution in [-0.2, 0) is 4.79 Å². The Morgan fingerprint density at radius 3 is 2.66 bits per heavy atom. The summed E-state index contributed by atoms with van der Waals surface area (Å²) in [6.07, 6.45) is 5.42. The van der Waals surface area contributed by atoms with Crippen molar-refractivity contribution in [1.29, 1.82) is 0 Å². The molecule has 5 rings (SSSR count). The van der Waals surface area contributed by atoms with Crippen molar-refractivity contribution in [3.05, 3.63) is 95.7 Å². The molecule has 1 saturated heterocycles. The largest absolute Gasteiger partial charge is 0.457 e. The SMILES string of the molecule is C=CC(=O)N1CC[C@@H](n2c(=O)n(-c3ccc(Oc4cccc(C(C)C)c4)cc3)c3cnccc32)C1. The number of rotatable bonds is 6. The van der Waals surface area contributed by atoms with Crippen LogP contribution in [0.2, 0.25) is 0 Å². The summed E-state index contributed by atoms with van der Waals surface area (Å²) in [5.41, 5.74) is 3.32. The predicted octanol–water partition coefficient (Wildman–Crippen LogP) is 5.06. The van der Waals surface area contributed by atoms with Gasteiger partial charge in [-0.15, -0.1) is 0 Å². The first-order chi connectivity index (χ1) is 17.0. The molecule has 0 N–H and O–H groups in total. The first-order valence-electron chi connectivity index (χ1n) is 11.8. The van der Waals surface area contributed by atoms with Crippen molar-refractivity contribution in [3.63, 3.8) is 0 Å². The lowest BCUT2D eigenvalue weighted by atomic mass is 10.0. The molecule has 7 nitrogen and oxygen atoms in total. The van der Waals surface area contributed by atoms with Crippen molar-refractivity contribution >= 4 is 16.9 Å². The van der Waals surface area contributed by atoms with Gasteiger partial charge in [-0.1, -0.05) is 32.6 Å². The average Bonchev–Trinajstić information content (AvgIpc) is 3.46. The zero-order chi connectivity index (χ0) is 24.5. The van der Waals surface area contributed by atoms with Crippen LogP contribution in [0.15, 0.2) is 84.4 Å². The molecule has 3 heterocycles. The molecule has 2 aromatic heterocycles. The number of hydrogen-bond donors (Lipinski definition) is 0. The molecule has 178 valence electrons. The van der Waals surface area contributed by atoms with E-state index >= 15 is 0 Å². The number of aromatic nitrogens is 3. The van der Waals surface area contributed by atoms with Crippen molar-refractivity contribution in [2.75, 3.05) is 13.1 Å². The van der Waals surface area contributed by atoms with Gasteiger partial charge in [-0.05, 0) is 66.4 Å². The van der Waals surface area contributed by atoms with Gasteiger partial charge in [-0.2, -0.15) is 0 Å². The lowest BCUT2D eigenvalue weighted by molar-refractivity contribution is -0.125. The summed E-state index contributed by atoms with van der Waals surface area (Å²) in [4.78, 5) is 31.7. The van der Waals surface area contributed by atoms with Gasteiger partial charge >= 0.3 is 5.69 Å². The fourth-order valence-electron chi connectivity index (χ4n) is 4.69. The highest BCUT2D eigenvalue weighted by molar-refractivity contribution is 5.87. The molecule has 0 bridgehead atoms. The summed E-state index contributed by atoms with van der Waals surface area (Å²) >= 11 is 0. The van der Waals surface area contributed by atoms with Crippen LogP contribution in [0.1, 0.15) is 37.8 Å². The number of hydrogen-bond acceptors (Lipinski definition) is 4. The molecule has 1 amide bonds. The Labute approximate surface area is 203 Å². The maximum atomic E-state index is 13.6. The van der Waals surface area contributed by atoms with Crippen molar-refractivity contribution in [3.8, 4) is 17.2 Å². The van der Waals surface area contributed by atoms with Crippen LogP contribution in [0.5, 0.6) is 11.5 Å². The number of fused-ring (bicyclic) bond motifs is 1. The number of nitrogens with zero attached hydrogens (tertiary/aromatic N) is 4. The van der Waals surface area contributed by atoms with Crippen LogP contribution < -0.4 is 10.4 Å². The maximum Gasteiger partial charge on any atom is 0.334 e. The Bertz CT molecular complexity index is 1450. The van der Waals surface area contributed by atoms with E-state index in [2.05, 4.69) is 31.5 Å². The molecule has 35 heavy (non-hydrogen) atoms. The summed E-state index contributed by atoms with van der Waals surface area (Å²) in [5.74, 6) is 1.78. The van der Waals surface area contributed by atoms with E-state index in [9.17, 15) is 9.59 Å². The number of benzene rings is 2. The molecule has 0 saturated carbocycles. The van der Waals surface area contributed by atoms with Crippen LogP contribution in [-0.4, -0.2) is 38.0 Å². The summed E-state index contributed by atoms with van der Waals surface area (Å²) in [6, 6.07) is 17.3. The van der Waals surface area contributed by atoms with Gasteiger partial charge in [-0.3, -0.25) is 18.9 Å². The molecule has 4 aromatic rings. The summed E-state index contributed by atoms with van der Waals surface area (Å²) in [6.45, 7) is 8.96. The number of likely N-dealkylation sites (tertiary alicyclic amines) is 1. The number of amides is 1.